The van der Waals surface area contributed by atoms with E-state index in [9.17, 15) is 0 Å². The minimum Gasteiger partial charge on any atom is -0.352 e. The molecule has 0 bridgehead atoms. The molecule has 0 amide bonds. The van der Waals surface area contributed by atoms with Crippen LogP contribution in [0.5, 0.6) is 0 Å². The van der Waals surface area contributed by atoms with Gasteiger partial charge >= 0.3 is 0 Å². The van der Waals surface area contributed by atoms with Gasteiger partial charge in [0.2, 0.25) is 0 Å². The Morgan fingerprint density at radius 3 is 2.89 bits per heavy atom. The zero-order chi connectivity index (χ0) is 12.4. The van der Waals surface area contributed by atoms with Crippen LogP contribution in [0.2, 0.25) is 0 Å². The largest absolute Gasteiger partial charge is 0.352 e. The number of hydrogen-bond acceptors (Lipinski definition) is 5. The lowest BCUT2D eigenvalue weighted by molar-refractivity contribution is 0.133. The number of fused-ring (bicyclic) bond motifs is 1. The van der Waals surface area contributed by atoms with E-state index in [0.717, 1.165) is 31.1 Å². The predicted molar refractivity (Wildman–Crippen MR) is 71.3 cm³/mol. The van der Waals surface area contributed by atoms with Crippen molar-refractivity contribution in [2.75, 3.05) is 31.1 Å². The molecule has 3 heterocycles. The van der Waals surface area contributed by atoms with Gasteiger partial charge in [0.25, 0.3) is 0 Å². The van der Waals surface area contributed by atoms with Crippen LogP contribution in [0.1, 0.15) is 25.0 Å². The Labute approximate surface area is 108 Å². The second-order valence-corrected chi connectivity index (χ2v) is 5.22. The quantitative estimate of drug-likeness (QED) is 0.830. The molecule has 2 saturated heterocycles. The van der Waals surface area contributed by atoms with Crippen LogP contribution in [0, 0.1) is 0 Å². The highest BCUT2D eigenvalue weighted by Crippen LogP contribution is 2.23. The minimum absolute atomic E-state index is 0.462. The maximum absolute atomic E-state index is 5.54. The van der Waals surface area contributed by atoms with Gasteiger partial charge in [-0.1, -0.05) is 6.42 Å². The molecule has 1 aromatic heterocycles. The average molecular weight is 247 g/mol. The second-order valence-electron chi connectivity index (χ2n) is 5.22. The van der Waals surface area contributed by atoms with E-state index in [2.05, 4.69) is 20.0 Å². The molecular weight excluding hydrogens is 226 g/mol. The predicted octanol–water partition coefficient (Wildman–Crippen LogP) is 0.610. The van der Waals surface area contributed by atoms with Gasteiger partial charge in [-0.2, -0.15) is 5.10 Å². The van der Waals surface area contributed by atoms with Crippen molar-refractivity contribution < 1.29 is 0 Å². The minimum atomic E-state index is 0.462. The molecule has 0 spiro atoms. The number of hydrogen-bond donors (Lipinski definition) is 1. The topological polar surface area (TPSA) is 58.3 Å². The lowest BCUT2D eigenvalue weighted by Gasteiger charge is -2.44. The molecule has 0 saturated carbocycles. The summed E-state index contributed by atoms with van der Waals surface area (Å²) in [6.07, 6.45) is 4.05. The van der Waals surface area contributed by atoms with E-state index < -0.39 is 0 Å². The van der Waals surface area contributed by atoms with E-state index in [4.69, 9.17) is 5.73 Å². The fourth-order valence-corrected chi connectivity index (χ4v) is 2.99. The van der Waals surface area contributed by atoms with Gasteiger partial charge in [-0.05, 0) is 31.5 Å². The van der Waals surface area contributed by atoms with E-state index in [-0.39, 0.29) is 0 Å². The molecule has 3 rings (SSSR count). The van der Waals surface area contributed by atoms with Gasteiger partial charge in [0.1, 0.15) is 0 Å². The van der Waals surface area contributed by atoms with Crippen LogP contribution < -0.4 is 10.6 Å². The third-order valence-electron chi connectivity index (χ3n) is 4.08. The SMILES string of the molecule is NCc1ccc(N2CCN3CCCCC3C2)nn1. The number of piperazine rings is 1. The van der Waals surface area contributed by atoms with Gasteiger partial charge in [0.15, 0.2) is 5.82 Å². The molecule has 5 heteroatoms. The number of anilines is 1. The number of rotatable bonds is 2. The molecule has 2 aliphatic heterocycles. The molecular formula is C13H21N5. The molecule has 2 N–H and O–H groups in total. The molecule has 0 radical (unpaired) electrons. The number of nitrogens with zero attached hydrogens (tertiary/aromatic N) is 4. The molecule has 2 aliphatic rings. The number of piperidine rings is 1. The molecule has 1 unspecified atom stereocenters. The summed E-state index contributed by atoms with van der Waals surface area (Å²) in [6, 6.07) is 4.74. The van der Waals surface area contributed by atoms with Crippen LogP contribution >= 0.6 is 0 Å². The number of aromatic nitrogens is 2. The Bertz CT molecular complexity index is 391. The Balaban J connectivity index is 1.69. The smallest absolute Gasteiger partial charge is 0.151 e. The van der Waals surface area contributed by atoms with Crippen LogP contribution in [0.25, 0.3) is 0 Å². The monoisotopic (exact) mass is 247 g/mol. The van der Waals surface area contributed by atoms with E-state index >= 15 is 0 Å². The van der Waals surface area contributed by atoms with Gasteiger partial charge in [-0.25, -0.2) is 0 Å². The Morgan fingerprint density at radius 2 is 2.11 bits per heavy atom. The Kier molecular flexibility index (Phi) is 3.43. The maximum Gasteiger partial charge on any atom is 0.151 e. The lowest BCUT2D eigenvalue weighted by Crippen LogP contribution is -2.55. The molecule has 5 nitrogen and oxygen atoms in total. The van der Waals surface area contributed by atoms with E-state index in [1.165, 1.54) is 25.8 Å². The summed E-state index contributed by atoms with van der Waals surface area (Å²) < 4.78 is 0. The highest BCUT2D eigenvalue weighted by atomic mass is 15.3. The van der Waals surface area contributed by atoms with Crippen LogP contribution in [0.4, 0.5) is 5.82 Å². The van der Waals surface area contributed by atoms with Crippen LogP contribution in [0.15, 0.2) is 12.1 Å². The zero-order valence-electron chi connectivity index (χ0n) is 10.8. The van der Waals surface area contributed by atoms with E-state index in [0.29, 0.717) is 12.6 Å². The highest BCUT2D eigenvalue weighted by Gasteiger charge is 2.29. The summed E-state index contributed by atoms with van der Waals surface area (Å²) in [5.41, 5.74) is 6.40. The van der Waals surface area contributed by atoms with Crippen molar-refractivity contribution in [1.82, 2.24) is 15.1 Å². The van der Waals surface area contributed by atoms with E-state index in [1.54, 1.807) is 0 Å². The van der Waals surface area contributed by atoms with Crippen molar-refractivity contribution in [2.24, 2.45) is 5.73 Å². The fourth-order valence-electron chi connectivity index (χ4n) is 2.99. The molecule has 1 aromatic rings. The highest BCUT2D eigenvalue weighted by molar-refractivity contribution is 5.38. The lowest BCUT2D eigenvalue weighted by atomic mass is 9.99. The molecule has 18 heavy (non-hydrogen) atoms. The summed E-state index contributed by atoms with van der Waals surface area (Å²) in [7, 11) is 0. The summed E-state index contributed by atoms with van der Waals surface area (Å²) in [4.78, 5) is 4.99. The standard InChI is InChI=1S/C13H21N5/c14-9-11-4-5-13(16-15-11)18-8-7-17-6-2-1-3-12(17)10-18/h4-5,12H,1-3,6-10,14H2. The summed E-state index contributed by atoms with van der Waals surface area (Å²) >= 11 is 0. The Morgan fingerprint density at radius 1 is 1.17 bits per heavy atom. The average Bonchev–Trinajstić information content (AvgIpc) is 2.47. The summed E-state index contributed by atoms with van der Waals surface area (Å²) in [5.74, 6) is 0.998. The molecule has 1 atom stereocenters. The first-order chi connectivity index (χ1) is 8.86. The molecule has 0 aromatic carbocycles. The molecule has 2 fully saturated rings. The first kappa shape index (κ1) is 11.9. The van der Waals surface area contributed by atoms with E-state index in [1.807, 2.05) is 12.1 Å². The van der Waals surface area contributed by atoms with Gasteiger partial charge in [-0.15, -0.1) is 5.10 Å². The third kappa shape index (κ3) is 2.33. The Hall–Kier alpha value is -1.20. The van der Waals surface area contributed by atoms with Crippen molar-refractivity contribution in [3.8, 4) is 0 Å². The van der Waals surface area contributed by atoms with Gasteiger partial charge in [0.05, 0.1) is 5.69 Å². The van der Waals surface area contributed by atoms with Crippen molar-refractivity contribution in [1.29, 1.82) is 0 Å². The molecule has 98 valence electrons. The van der Waals surface area contributed by atoms with Gasteiger partial charge < -0.3 is 10.6 Å². The van der Waals surface area contributed by atoms with Gasteiger partial charge in [-0.3, -0.25) is 4.90 Å². The summed E-state index contributed by atoms with van der Waals surface area (Å²) in [5, 5.41) is 8.43. The fraction of sp³-hybridized carbons (Fsp3) is 0.692. The van der Waals surface area contributed by atoms with Crippen molar-refractivity contribution in [3.63, 3.8) is 0 Å². The van der Waals surface area contributed by atoms with Crippen LogP contribution in [-0.2, 0) is 6.54 Å². The van der Waals surface area contributed by atoms with Crippen molar-refractivity contribution in [2.45, 2.75) is 31.8 Å². The van der Waals surface area contributed by atoms with Crippen molar-refractivity contribution in [3.05, 3.63) is 17.8 Å². The first-order valence-corrected chi connectivity index (χ1v) is 6.88. The maximum atomic E-state index is 5.54. The van der Waals surface area contributed by atoms with Gasteiger partial charge in [0, 0.05) is 32.2 Å². The van der Waals surface area contributed by atoms with Crippen LogP contribution in [0.3, 0.4) is 0 Å². The number of nitrogens with two attached hydrogens (primary N) is 1. The zero-order valence-corrected chi connectivity index (χ0v) is 10.8. The third-order valence-corrected chi connectivity index (χ3v) is 4.08. The first-order valence-electron chi connectivity index (χ1n) is 6.88. The normalized spacial score (nSPS) is 24.9. The van der Waals surface area contributed by atoms with Crippen LogP contribution in [-0.4, -0.2) is 47.3 Å². The summed E-state index contributed by atoms with van der Waals surface area (Å²) in [6.45, 7) is 5.05. The van der Waals surface area contributed by atoms with Crippen molar-refractivity contribution >= 4 is 5.82 Å². The molecule has 0 aliphatic carbocycles. The second kappa shape index (κ2) is 5.20.